The van der Waals surface area contributed by atoms with Gasteiger partial charge in [-0.2, -0.15) is 5.10 Å². The van der Waals surface area contributed by atoms with E-state index in [1.54, 1.807) is 0 Å². The monoisotopic (exact) mass is 308 g/mol. The van der Waals surface area contributed by atoms with Crippen LogP contribution >= 0.6 is 0 Å². The van der Waals surface area contributed by atoms with Crippen LogP contribution in [0.2, 0.25) is 0 Å². The van der Waals surface area contributed by atoms with Gasteiger partial charge in [-0.25, -0.2) is 5.10 Å². The first kappa shape index (κ1) is 15.2. The molecular formula is C18H20N4O. The summed E-state index contributed by atoms with van der Waals surface area (Å²) in [4.78, 5) is 11.7. The lowest BCUT2D eigenvalue weighted by Crippen LogP contribution is -2.18. The Kier molecular flexibility index (Phi) is 5.01. The molecule has 118 valence electrons. The van der Waals surface area contributed by atoms with Crippen LogP contribution < -0.4 is 16.2 Å². The molecule has 0 aliphatic rings. The quantitative estimate of drug-likeness (QED) is 0.587. The lowest BCUT2D eigenvalue weighted by Gasteiger charge is -2.08. The first-order valence-corrected chi connectivity index (χ1v) is 7.80. The Morgan fingerprint density at radius 2 is 1.65 bits per heavy atom. The summed E-state index contributed by atoms with van der Waals surface area (Å²) in [5.41, 5.74) is 1.13. The molecule has 0 saturated carbocycles. The van der Waals surface area contributed by atoms with Crippen molar-refractivity contribution in [3.8, 4) is 0 Å². The minimum atomic E-state index is -0.157. The number of fused-ring (bicyclic) bond motifs is 1. The third-order valence-electron chi connectivity index (χ3n) is 3.69. The maximum Gasteiger partial charge on any atom is 0.272 e. The Morgan fingerprint density at radius 3 is 2.48 bits per heavy atom. The van der Waals surface area contributed by atoms with E-state index in [9.17, 15) is 4.79 Å². The maximum atomic E-state index is 11.7. The van der Waals surface area contributed by atoms with Gasteiger partial charge in [-0.3, -0.25) is 4.79 Å². The summed E-state index contributed by atoms with van der Waals surface area (Å²) in [5.74, 6) is 0.725. The summed E-state index contributed by atoms with van der Waals surface area (Å²) < 4.78 is 0. The van der Waals surface area contributed by atoms with Crippen molar-refractivity contribution in [3.05, 3.63) is 70.5 Å². The number of nitrogens with zero attached hydrogens (tertiary/aromatic N) is 1. The molecule has 1 heterocycles. The van der Waals surface area contributed by atoms with E-state index < -0.39 is 0 Å². The highest BCUT2D eigenvalue weighted by molar-refractivity contribution is 5.90. The van der Waals surface area contributed by atoms with E-state index in [-0.39, 0.29) is 5.56 Å². The predicted octanol–water partition coefficient (Wildman–Crippen LogP) is 2.51. The molecule has 0 fully saturated rings. The fourth-order valence-corrected chi connectivity index (χ4v) is 2.50. The van der Waals surface area contributed by atoms with E-state index >= 15 is 0 Å². The van der Waals surface area contributed by atoms with Crippen LogP contribution in [0.1, 0.15) is 12.0 Å². The molecule has 5 nitrogen and oxygen atoms in total. The number of H-pyrrole nitrogens is 1. The fourth-order valence-electron chi connectivity index (χ4n) is 2.50. The molecule has 3 N–H and O–H groups in total. The van der Waals surface area contributed by atoms with E-state index in [1.165, 1.54) is 5.56 Å². The van der Waals surface area contributed by atoms with Gasteiger partial charge in [-0.1, -0.05) is 48.5 Å². The molecule has 0 spiro atoms. The van der Waals surface area contributed by atoms with Crippen LogP contribution in [0.25, 0.3) is 10.8 Å². The van der Waals surface area contributed by atoms with Gasteiger partial charge in [-0.15, -0.1) is 0 Å². The molecule has 0 radical (unpaired) electrons. The van der Waals surface area contributed by atoms with Gasteiger partial charge in [0.25, 0.3) is 5.56 Å². The Morgan fingerprint density at radius 1 is 0.913 bits per heavy atom. The Balaban J connectivity index is 1.48. The highest BCUT2D eigenvalue weighted by Crippen LogP contribution is 2.16. The molecule has 0 saturated heterocycles. The van der Waals surface area contributed by atoms with Gasteiger partial charge < -0.3 is 10.6 Å². The second kappa shape index (κ2) is 7.56. The number of rotatable bonds is 7. The predicted molar refractivity (Wildman–Crippen MR) is 93.6 cm³/mol. The van der Waals surface area contributed by atoms with Crippen LogP contribution in [0.5, 0.6) is 0 Å². The Bertz CT molecular complexity index is 814. The second-order valence-corrected chi connectivity index (χ2v) is 5.39. The minimum Gasteiger partial charge on any atom is -0.368 e. The summed E-state index contributed by atoms with van der Waals surface area (Å²) in [5, 5.41) is 14.9. The standard InChI is InChI=1S/C18H20N4O/c23-18-16-10-5-4-9-15(16)17(21-22-18)20-12-6-11-19-13-14-7-2-1-3-8-14/h1-5,7-10,19H,6,11-13H2,(H,20,21)(H,22,23). The molecule has 2 aromatic carbocycles. The molecule has 5 heteroatoms. The second-order valence-electron chi connectivity index (χ2n) is 5.39. The van der Waals surface area contributed by atoms with E-state index in [4.69, 9.17) is 0 Å². The minimum absolute atomic E-state index is 0.157. The normalized spacial score (nSPS) is 10.8. The van der Waals surface area contributed by atoms with Crippen molar-refractivity contribution in [2.24, 2.45) is 0 Å². The van der Waals surface area contributed by atoms with E-state index in [2.05, 4.69) is 33.0 Å². The van der Waals surface area contributed by atoms with Crippen LogP contribution in [-0.2, 0) is 6.54 Å². The molecule has 1 aromatic heterocycles. The number of anilines is 1. The van der Waals surface area contributed by atoms with Crippen molar-refractivity contribution in [3.63, 3.8) is 0 Å². The summed E-state index contributed by atoms with van der Waals surface area (Å²) in [7, 11) is 0. The van der Waals surface area contributed by atoms with Gasteiger partial charge in [0, 0.05) is 18.5 Å². The third-order valence-corrected chi connectivity index (χ3v) is 3.69. The summed E-state index contributed by atoms with van der Waals surface area (Å²) in [6.45, 7) is 2.59. The van der Waals surface area contributed by atoms with Crippen molar-refractivity contribution in [1.29, 1.82) is 0 Å². The van der Waals surface area contributed by atoms with Crippen LogP contribution in [0.15, 0.2) is 59.4 Å². The number of aromatic amines is 1. The van der Waals surface area contributed by atoms with Crippen molar-refractivity contribution in [2.45, 2.75) is 13.0 Å². The highest BCUT2D eigenvalue weighted by atomic mass is 16.1. The topological polar surface area (TPSA) is 69.8 Å². The number of hydrogen-bond donors (Lipinski definition) is 3. The SMILES string of the molecule is O=c1[nH]nc(NCCCNCc2ccccc2)c2ccccc12. The van der Waals surface area contributed by atoms with Crippen molar-refractivity contribution in [2.75, 3.05) is 18.4 Å². The number of nitrogens with one attached hydrogen (secondary N) is 3. The molecular weight excluding hydrogens is 288 g/mol. The van der Waals surface area contributed by atoms with Crippen LogP contribution in [-0.4, -0.2) is 23.3 Å². The molecule has 0 aliphatic carbocycles. The summed E-state index contributed by atoms with van der Waals surface area (Å²) in [6, 6.07) is 17.8. The van der Waals surface area contributed by atoms with Crippen LogP contribution in [0.3, 0.4) is 0 Å². The number of benzene rings is 2. The molecule has 23 heavy (non-hydrogen) atoms. The zero-order chi connectivity index (χ0) is 15.9. The molecule has 0 amide bonds. The van der Waals surface area contributed by atoms with Gasteiger partial charge in [0.15, 0.2) is 5.82 Å². The molecule has 3 rings (SSSR count). The molecule has 0 aliphatic heterocycles. The zero-order valence-electron chi connectivity index (χ0n) is 12.9. The van der Waals surface area contributed by atoms with Gasteiger partial charge in [0.05, 0.1) is 5.39 Å². The van der Waals surface area contributed by atoms with Crippen molar-refractivity contribution < 1.29 is 0 Å². The number of hydrogen-bond acceptors (Lipinski definition) is 4. The van der Waals surface area contributed by atoms with Crippen LogP contribution in [0.4, 0.5) is 5.82 Å². The number of aromatic nitrogens is 2. The maximum absolute atomic E-state index is 11.7. The Hall–Kier alpha value is -2.66. The van der Waals surface area contributed by atoms with Gasteiger partial charge >= 0.3 is 0 Å². The first-order chi connectivity index (χ1) is 11.3. The van der Waals surface area contributed by atoms with Gasteiger partial charge in [0.1, 0.15) is 0 Å². The van der Waals surface area contributed by atoms with Gasteiger partial charge in [0.2, 0.25) is 0 Å². The zero-order valence-corrected chi connectivity index (χ0v) is 12.9. The molecule has 0 bridgehead atoms. The molecule has 3 aromatic rings. The lowest BCUT2D eigenvalue weighted by molar-refractivity contribution is 0.662. The first-order valence-electron chi connectivity index (χ1n) is 7.80. The van der Waals surface area contributed by atoms with Gasteiger partial charge in [-0.05, 0) is 24.6 Å². The molecule has 0 atom stereocenters. The van der Waals surface area contributed by atoms with Crippen molar-refractivity contribution >= 4 is 16.6 Å². The Labute approximate surface area is 134 Å². The largest absolute Gasteiger partial charge is 0.368 e. The smallest absolute Gasteiger partial charge is 0.272 e. The summed E-state index contributed by atoms with van der Waals surface area (Å²) in [6.07, 6.45) is 0.974. The van der Waals surface area contributed by atoms with E-state index in [0.717, 1.165) is 37.3 Å². The van der Waals surface area contributed by atoms with E-state index in [0.29, 0.717) is 5.39 Å². The van der Waals surface area contributed by atoms with Crippen LogP contribution in [0, 0.1) is 0 Å². The lowest BCUT2D eigenvalue weighted by atomic mass is 10.2. The fraction of sp³-hybridized carbons (Fsp3) is 0.222. The average Bonchev–Trinajstić information content (AvgIpc) is 2.61. The molecule has 0 unspecified atom stereocenters. The van der Waals surface area contributed by atoms with E-state index in [1.807, 2.05) is 42.5 Å². The highest BCUT2D eigenvalue weighted by Gasteiger charge is 2.04. The third kappa shape index (κ3) is 3.96. The summed E-state index contributed by atoms with van der Waals surface area (Å²) >= 11 is 0. The average molecular weight is 308 g/mol. The van der Waals surface area contributed by atoms with Crippen molar-refractivity contribution in [1.82, 2.24) is 15.5 Å².